The molecule has 0 saturated carbocycles. The Labute approximate surface area is 165 Å². The first-order chi connectivity index (χ1) is 13.4. The number of esters is 2. The van der Waals surface area contributed by atoms with E-state index in [-0.39, 0.29) is 53.5 Å². The standard InChI is InChI=1S/C20H18ClNO6/c1-3-26-17(23)8-6-15-12(20(25)27-4-2)10-14-18(24)13-9-11(21)5-7-16(13)28-19(14)22-15/h5,7,9-10H,3-4,6,8H2,1-2H3. The number of halogens is 1. The number of hydrogen-bond donors (Lipinski definition) is 0. The van der Waals surface area contributed by atoms with Crippen molar-refractivity contribution in [2.24, 2.45) is 0 Å². The summed E-state index contributed by atoms with van der Waals surface area (Å²) in [5.41, 5.74) is 0.470. The maximum Gasteiger partial charge on any atom is 0.340 e. The van der Waals surface area contributed by atoms with Crippen molar-refractivity contribution in [2.75, 3.05) is 13.2 Å². The van der Waals surface area contributed by atoms with E-state index < -0.39 is 11.9 Å². The average molecular weight is 404 g/mol. The van der Waals surface area contributed by atoms with E-state index >= 15 is 0 Å². The van der Waals surface area contributed by atoms with Crippen molar-refractivity contribution in [3.63, 3.8) is 0 Å². The van der Waals surface area contributed by atoms with Crippen LogP contribution in [0.15, 0.2) is 33.5 Å². The Morgan fingerprint density at radius 1 is 1.11 bits per heavy atom. The number of pyridine rings is 1. The fraction of sp³-hybridized carbons (Fsp3) is 0.300. The van der Waals surface area contributed by atoms with Crippen LogP contribution in [0.4, 0.5) is 0 Å². The summed E-state index contributed by atoms with van der Waals surface area (Å²) in [7, 11) is 0. The van der Waals surface area contributed by atoms with Gasteiger partial charge < -0.3 is 13.9 Å². The lowest BCUT2D eigenvalue weighted by atomic mass is 10.1. The number of ether oxygens (including phenoxy) is 2. The molecule has 2 aromatic heterocycles. The van der Waals surface area contributed by atoms with Gasteiger partial charge in [0.15, 0.2) is 0 Å². The van der Waals surface area contributed by atoms with E-state index in [4.69, 9.17) is 25.5 Å². The summed E-state index contributed by atoms with van der Waals surface area (Å²) in [6, 6.07) is 6.08. The molecule has 8 heteroatoms. The van der Waals surface area contributed by atoms with E-state index in [1.54, 1.807) is 26.0 Å². The van der Waals surface area contributed by atoms with Crippen LogP contribution in [0.2, 0.25) is 5.02 Å². The minimum atomic E-state index is -0.624. The van der Waals surface area contributed by atoms with Gasteiger partial charge in [0.2, 0.25) is 11.1 Å². The fourth-order valence-electron chi connectivity index (χ4n) is 2.82. The first kappa shape index (κ1) is 19.8. The van der Waals surface area contributed by atoms with E-state index in [9.17, 15) is 14.4 Å². The summed E-state index contributed by atoms with van der Waals surface area (Å²) in [6.07, 6.45) is 0.178. The van der Waals surface area contributed by atoms with Gasteiger partial charge in [0.05, 0.1) is 41.7 Å². The Bertz CT molecular complexity index is 1120. The molecule has 146 valence electrons. The lowest BCUT2D eigenvalue weighted by Crippen LogP contribution is -2.14. The summed E-state index contributed by atoms with van der Waals surface area (Å²) < 4.78 is 15.7. The van der Waals surface area contributed by atoms with Crippen molar-refractivity contribution in [3.8, 4) is 0 Å². The van der Waals surface area contributed by atoms with Crippen LogP contribution >= 0.6 is 11.6 Å². The van der Waals surface area contributed by atoms with Gasteiger partial charge in [-0.05, 0) is 38.1 Å². The quantitative estimate of drug-likeness (QED) is 0.457. The number of rotatable bonds is 6. The van der Waals surface area contributed by atoms with Crippen molar-refractivity contribution in [1.82, 2.24) is 4.98 Å². The van der Waals surface area contributed by atoms with Crippen LogP contribution in [0.1, 0.15) is 36.3 Å². The Morgan fingerprint density at radius 3 is 2.57 bits per heavy atom. The molecule has 0 fully saturated rings. The molecule has 0 spiro atoms. The number of benzene rings is 1. The lowest BCUT2D eigenvalue weighted by molar-refractivity contribution is -0.143. The molecule has 0 saturated heterocycles. The Hall–Kier alpha value is -2.93. The maximum atomic E-state index is 12.9. The van der Waals surface area contributed by atoms with Gasteiger partial charge in [0.25, 0.3) is 0 Å². The Morgan fingerprint density at radius 2 is 1.86 bits per heavy atom. The van der Waals surface area contributed by atoms with Crippen LogP contribution in [0.25, 0.3) is 22.1 Å². The van der Waals surface area contributed by atoms with Crippen LogP contribution in [-0.2, 0) is 20.7 Å². The van der Waals surface area contributed by atoms with Crippen LogP contribution < -0.4 is 5.43 Å². The predicted molar refractivity (Wildman–Crippen MR) is 104 cm³/mol. The molecule has 0 bridgehead atoms. The Kier molecular flexibility index (Phi) is 5.94. The minimum absolute atomic E-state index is 0.0339. The van der Waals surface area contributed by atoms with Gasteiger partial charge in [0, 0.05) is 11.4 Å². The van der Waals surface area contributed by atoms with Gasteiger partial charge >= 0.3 is 11.9 Å². The van der Waals surface area contributed by atoms with E-state index in [1.807, 2.05) is 0 Å². The van der Waals surface area contributed by atoms with Gasteiger partial charge in [-0.3, -0.25) is 9.59 Å². The topological polar surface area (TPSA) is 95.7 Å². The molecule has 0 aliphatic heterocycles. The molecule has 3 rings (SSSR count). The zero-order chi connectivity index (χ0) is 20.3. The van der Waals surface area contributed by atoms with Gasteiger partial charge in [-0.15, -0.1) is 0 Å². The highest BCUT2D eigenvalue weighted by atomic mass is 35.5. The van der Waals surface area contributed by atoms with E-state index in [0.717, 1.165) is 0 Å². The van der Waals surface area contributed by atoms with Gasteiger partial charge in [-0.25, -0.2) is 9.78 Å². The number of carbonyl (C=O) groups excluding carboxylic acids is 2. The van der Waals surface area contributed by atoms with E-state index in [0.29, 0.717) is 16.3 Å². The van der Waals surface area contributed by atoms with Crippen LogP contribution in [0.5, 0.6) is 0 Å². The number of aryl methyl sites for hydroxylation is 1. The highest BCUT2D eigenvalue weighted by Gasteiger charge is 2.20. The van der Waals surface area contributed by atoms with Gasteiger partial charge in [-0.1, -0.05) is 11.6 Å². The van der Waals surface area contributed by atoms with Crippen molar-refractivity contribution < 1.29 is 23.5 Å². The third kappa shape index (κ3) is 3.99. The zero-order valence-corrected chi connectivity index (χ0v) is 16.2. The average Bonchev–Trinajstić information content (AvgIpc) is 2.67. The molecule has 7 nitrogen and oxygen atoms in total. The lowest BCUT2D eigenvalue weighted by Gasteiger charge is -2.10. The van der Waals surface area contributed by atoms with E-state index in [2.05, 4.69) is 4.98 Å². The van der Waals surface area contributed by atoms with Crippen molar-refractivity contribution in [1.29, 1.82) is 0 Å². The normalized spacial score (nSPS) is 11.0. The number of aromatic nitrogens is 1. The maximum absolute atomic E-state index is 12.9. The highest BCUT2D eigenvalue weighted by Crippen LogP contribution is 2.23. The number of fused-ring (bicyclic) bond motifs is 2. The summed E-state index contributed by atoms with van der Waals surface area (Å²) in [5.74, 6) is -1.03. The second-order valence-corrected chi connectivity index (χ2v) is 6.37. The highest BCUT2D eigenvalue weighted by molar-refractivity contribution is 6.31. The molecule has 28 heavy (non-hydrogen) atoms. The van der Waals surface area contributed by atoms with Crippen molar-refractivity contribution in [3.05, 3.63) is 50.8 Å². The van der Waals surface area contributed by atoms with Crippen LogP contribution in [0.3, 0.4) is 0 Å². The molecular weight excluding hydrogens is 386 g/mol. The smallest absolute Gasteiger partial charge is 0.340 e. The molecule has 0 unspecified atom stereocenters. The largest absolute Gasteiger partial charge is 0.466 e. The predicted octanol–water partition coefficient (Wildman–Crippen LogP) is 3.67. The molecule has 0 aliphatic carbocycles. The number of carbonyl (C=O) groups is 2. The van der Waals surface area contributed by atoms with Gasteiger partial charge in [-0.2, -0.15) is 0 Å². The van der Waals surface area contributed by atoms with Crippen LogP contribution in [-0.4, -0.2) is 30.1 Å². The first-order valence-corrected chi connectivity index (χ1v) is 9.21. The monoisotopic (exact) mass is 403 g/mol. The molecule has 0 atom stereocenters. The van der Waals surface area contributed by atoms with Crippen molar-refractivity contribution in [2.45, 2.75) is 26.7 Å². The molecule has 0 amide bonds. The van der Waals surface area contributed by atoms with Crippen molar-refractivity contribution >= 4 is 45.6 Å². The summed E-state index contributed by atoms with van der Waals surface area (Å²) in [6.45, 7) is 3.81. The van der Waals surface area contributed by atoms with Gasteiger partial charge in [0.1, 0.15) is 5.58 Å². The minimum Gasteiger partial charge on any atom is -0.466 e. The molecule has 2 heterocycles. The molecule has 3 aromatic rings. The summed E-state index contributed by atoms with van der Waals surface area (Å²) >= 11 is 5.97. The number of hydrogen-bond acceptors (Lipinski definition) is 7. The summed E-state index contributed by atoms with van der Waals surface area (Å²) in [4.78, 5) is 41.3. The molecule has 1 aromatic carbocycles. The molecular formula is C20H18ClNO6. The number of nitrogens with zero attached hydrogens (tertiary/aromatic N) is 1. The fourth-order valence-corrected chi connectivity index (χ4v) is 2.99. The zero-order valence-electron chi connectivity index (χ0n) is 15.4. The third-order valence-electron chi connectivity index (χ3n) is 4.07. The first-order valence-electron chi connectivity index (χ1n) is 8.83. The third-order valence-corrected chi connectivity index (χ3v) is 4.31. The molecule has 0 radical (unpaired) electrons. The Balaban J connectivity index is 2.16. The SMILES string of the molecule is CCOC(=O)CCc1nc2oc3ccc(Cl)cc3c(=O)c2cc1C(=O)OCC. The second-order valence-electron chi connectivity index (χ2n) is 5.93. The van der Waals surface area contributed by atoms with Crippen LogP contribution in [0, 0.1) is 0 Å². The molecule has 0 N–H and O–H groups in total. The van der Waals surface area contributed by atoms with E-state index in [1.165, 1.54) is 12.1 Å². The summed E-state index contributed by atoms with van der Waals surface area (Å²) in [5, 5.41) is 0.817. The molecule has 0 aliphatic rings. The second kappa shape index (κ2) is 8.39.